The van der Waals surface area contributed by atoms with Crippen LogP contribution in [0.5, 0.6) is 0 Å². The summed E-state index contributed by atoms with van der Waals surface area (Å²) in [5, 5.41) is 9.36. The first kappa shape index (κ1) is 17.6. The zero-order valence-corrected chi connectivity index (χ0v) is 15.7. The molecule has 28 heavy (non-hydrogen) atoms. The highest BCUT2D eigenvalue weighted by atomic mass is 19.1. The van der Waals surface area contributed by atoms with Crippen LogP contribution in [-0.4, -0.2) is 39.8 Å². The van der Waals surface area contributed by atoms with Gasteiger partial charge in [0.2, 0.25) is 5.43 Å². The van der Waals surface area contributed by atoms with Crippen LogP contribution < -0.4 is 16.1 Å². The SMILES string of the molecule is C[C@]12CCN(c3nc4c(cc3F)c(=O)c(C(=O)O)cn4C3CC3)C[C@H]1[C@H](N)C2. The first-order valence-corrected chi connectivity index (χ1v) is 9.78. The number of anilines is 1. The number of pyridine rings is 2. The van der Waals surface area contributed by atoms with Gasteiger partial charge in [0.1, 0.15) is 11.2 Å². The van der Waals surface area contributed by atoms with E-state index in [2.05, 4.69) is 11.9 Å². The average Bonchev–Trinajstić information content (AvgIpc) is 3.46. The lowest BCUT2D eigenvalue weighted by atomic mass is 9.55. The van der Waals surface area contributed by atoms with Crippen molar-refractivity contribution >= 4 is 22.8 Å². The molecule has 0 radical (unpaired) electrons. The normalized spacial score (nSPS) is 29.5. The molecular weight excluding hydrogens is 363 g/mol. The molecule has 3 heterocycles. The lowest BCUT2D eigenvalue weighted by molar-refractivity contribution is 0.00277. The van der Waals surface area contributed by atoms with Crippen molar-refractivity contribution < 1.29 is 14.3 Å². The van der Waals surface area contributed by atoms with Crippen LogP contribution in [0.3, 0.4) is 0 Å². The van der Waals surface area contributed by atoms with E-state index in [1.165, 1.54) is 6.20 Å². The van der Waals surface area contributed by atoms with Crippen molar-refractivity contribution in [3.8, 4) is 0 Å². The van der Waals surface area contributed by atoms with Gasteiger partial charge in [0.25, 0.3) is 0 Å². The molecule has 1 aliphatic heterocycles. The van der Waals surface area contributed by atoms with Crippen LogP contribution in [0.15, 0.2) is 17.1 Å². The summed E-state index contributed by atoms with van der Waals surface area (Å²) in [6, 6.07) is 1.38. The average molecular weight is 386 g/mol. The molecule has 2 saturated carbocycles. The Kier molecular flexibility index (Phi) is 3.62. The Morgan fingerprint density at radius 1 is 1.43 bits per heavy atom. The lowest BCUT2D eigenvalue weighted by Crippen LogP contribution is -2.62. The standard InChI is InChI=1S/C20H23FN4O3/c1-20-4-5-24(9-13(20)15(22)7-20)18-14(21)6-11-16(26)12(19(27)28)8-25(10-2-3-10)17(11)23-18/h6,8,10,13,15H,2-5,7,9,22H2,1H3,(H,27,28)/t13-,15+,20+/m0/s1. The second-order valence-corrected chi connectivity index (χ2v) is 8.80. The number of nitrogens with two attached hydrogens (primary N) is 1. The van der Waals surface area contributed by atoms with Crippen molar-refractivity contribution in [2.24, 2.45) is 17.1 Å². The monoisotopic (exact) mass is 386 g/mol. The molecule has 3 fully saturated rings. The Morgan fingerprint density at radius 3 is 2.82 bits per heavy atom. The Labute approximate surface area is 161 Å². The maximum atomic E-state index is 15.0. The fourth-order valence-corrected chi connectivity index (χ4v) is 4.99. The molecule has 0 unspecified atom stereocenters. The number of carbonyl (C=O) groups is 1. The molecule has 0 aromatic carbocycles. The van der Waals surface area contributed by atoms with E-state index in [4.69, 9.17) is 5.73 Å². The van der Waals surface area contributed by atoms with Gasteiger partial charge in [0.15, 0.2) is 11.6 Å². The van der Waals surface area contributed by atoms with Crippen molar-refractivity contribution in [2.75, 3.05) is 18.0 Å². The van der Waals surface area contributed by atoms with Gasteiger partial charge in [-0.1, -0.05) is 6.92 Å². The summed E-state index contributed by atoms with van der Waals surface area (Å²) in [6.07, 6.45) is 5.07. The number of aromatic nitrogens is 2. The van der Waals surface area contributed by atoms with Crippen LogP contribution >= 0.6 is 0 Å². The van der Waals surface area contributed by atoms with Gasteiger partial charge in [-0.05, 0) is 43.1 Å². The number of carboxylic acids is 1. The van der Waals surface area contributed by atoms with Gasteiger partial charge in [-0.3, -0.25) is 4.79 Å². The van der Waals surface area contributed by atoms with Gasteiger partial charge < -0.3 is 20.3 Å². The van der Waals surface area contributed by atoms with Gasteiger partial charge in [0, 0.05) is 31.4 Å². The third-order valence-corrected chi connectivity index (χ3v) is 6.89. The lowest BCUT2D eigenvalue weighted by Gasteiger charge is -2.57. The van der Waals surface area contributed by atoms with Crippen LogP contribution in [0.25, 0.3) is 11.0 Å². The Hall–Kier alpha value is -2.48. The number of rotatable bonds is 3. The highest BCUT2D eigenvalue weighted by molar-refractivity contribution is 5.92. The minimum atomic E-state index is -1.31. The minimum absolute atomic E-state index is 0.0234. The summed E-state index contributed by atoms with van der Waals surface area (Å²) < 4.78 is 16.7. The maximum absolute atomic E-state index is 15.0. The topological polar surface area (TPSA) is 101 Å². The number of nitrogens with zero attached hydrogens (tertiary/aromatic N) is 3. The summed E-state index contributed by atoms with van der Waals surface area (Å²) >= 11 is 0. The Morgan fingerprint density at radius 2 is 2.18 bits per heavy atom. The fourth-order valence-electron chi connectivity index (χ4n) is 4.99. The van der Waals surface area contributed by atoms with E-state index in [1.807, 2.05) is 4.90 Å². The Balaban J connectivity index is 1.62. The molecule has 7 nitrogen and oxygen atoms in total. The van der Waals surface area contributed by atoms with Crippen LogP contribution in [0, 0.1) is 17.2 Å². The molecular formula is C20H23FN4O3. The highest BCUT2D eigenvalue weighted by Gasteiger charge is 2.51. The van der Waals surface area contributed by atoms with Crippen LogP contribution in [0.2, 0.25) is 0 Å². The molecule has 148 valence electrons. The van der Waals surface area contributed by atoms with E-state index < -0.39 is 17.2 Å². The molecule has 0 bridgehead atoms. The third kappa shape index (κ3) is 2.47. The largest absolute Gasteiger partial charge is 0.477 e. The number of hydrogen-bond acceptors (Lipinski definition) is 5. The second-order valence-electron chi connectivity index (χ2n) is 8.80. The summed E-state index contributed by atoms with van der Waals surface area (Å²) in [5.41, 5.74) is 5.73. The van der Waals surface area contributed by atoms with Crippen molar-refractivity contribution in [2.45, 2.75) is 44.7 Å². The molecule has 2 aromatic heterocycles. The van der Waals surface area contributed by atoms with Gasteiger partial charge in [-0.2, -0.15) is 0 Å². The predicted molar refractivity (Wildman–Crippen MR) is 102 cm³/mol. The number of piperidine rings is 1. The molecule has 1 saturated heterocycles. The summed E-state index contributed by atoms with van der Waals surface area (Å²) in [7, 11) is 0. The minimum Gasteiger partial charge on any atom is -0.477 e. The zero-order chi connectivity index (χ0) is 19.8. The van der Waals surface area contributed by atoms with E-state index in [1.54, 1.807) is 4.57 Å². The molecule has 2 aliphatic carbocycles. The van der Waals surface area contributed by atoms with Crippen molar-refractivity contribution in [3.05, 3.63) is 33.9 Å². The van der Waals surface area contributed by atoms with Crippen molar-refractivity contribution in [3.63, 3.8) is 0 Å². The highest BCUT2D eigenvalue weighted by Crippen LogP contribution is 2.51. The van der Waals surface area contributed by atoms with E-state index in [0.717, 1.165) is 31.7 Å². The number of hydrogen-bond donors (Lipinski definition) is 2. The number of aromatic carboxylic acids is 1. The van der Waals surface area contributed by atoms with Gasteiger partial charge >= 0.3 is 5.97 Å². The number of fused-ring (bicyclic) bond motifs is 2. The summed E-state index contributed by atoms with van der Waals surface area (Å²) in [6.45, 7) is 3.57. The fraction of sp³-hybridized carbons (Fsp3) is 0.550. The van der Waals surface area contributed by atoms with Crippen LogP contribution in [0.4, 0.5) is 10.2 Å². The number of carboxylic acid groups (broad SMARTS) is 1. The predicted octanol–water partition coefficient (Wildman–Crippen LogP) is 2.13. The quantitative estimate of drug-likeness (QED) is 0.838. The first-order valence-electron chi connectivity index (χ1n) is 9.78. The second kappa shape index (κ2) is 5.76. The van der Waals surface area contributed by atoms with Crippen molar-refractivity contribution in [1.82, 2.24) is 9.55 Å². The molecule has 3 aliphatic rings. The first-order chi connectivity index (χ1) is 13.3. The maximum Gasteiger partial charge on any atom is 0.341 e. The molecule has 5 rings (SSSR count). The van der Waals surface area contributed by atoms with Gasteiger partial charge in [-0.15, -0.1) is 0 Å². The zero-order valence-electron chi connectivity index (χ0n) is 15.7. The van der Waals surface area contributed by atoms with E-state index in [9.17, 15) is 19.1 Å². The molecule has 0 amide bonds. The molecule has 8 heteroatoms. The molecule has 3 atom stereocenters. The van der Waals surface area contributed by atoms with Crippen LogP contribution in [-0.2, 0) is 0 Å². The summed E-state index contributed by atoms with van der Waals surface area (Å²) in [5.74, 6) is -1.37. The van der Waals surface area contributed by atoms with E-state index >= 15 is 0 Å². The molecule has 2 aromatic rings. The molecule has 3 N–H and O–H groups in total. The van der Waals surface area contributed by atoms with Gasteiger partial charge in [0.05, 0.1) is 5.39 Å². The van der Waals surface area contributed by atoms with Crippen LogP contribution in [0.1, 0.15) is 49.0 Å². The van der Waals surface area contributed by atoms with E-state index in [0.29, 0.717) is 24.7 Å². The third-order valence-electron chi connectivity index (χ3n) is 6.89. The molecule has 0 spiro atoms. The number of halogens is 1. The van der Waals surface area contributed by atoms with Gasteiger partial charge in [-0.25, -0.2) is 14.2 Å². The van der Waals surface area contributed by atoms with E-state index in [-0.39, 0.29) is 34.3 Å². The Bertz CT molecular complexity index is 1060. The van der Waals surface area contributed by atoms with Crippen molar-refractivity contribution in [1.29, 1.82) is 0 Å². The summed E-state index contributed by atoms with van der Waals surface area (Å²) in [4.78, 5) is 30.5. The smallest absolute Gasteiger partial charge is 0.341 e.